The van der Waals surface area contributed by atoms with Crippen LogP contribution in [-0.4, -0.2) is 76.2 Å². The van der Waals surface area contributed by atoms with Gasteiger partial charge in [-0.2, -0.15) is 23.5 Å². The molecular formula is C17H28N2O2S2. The Morgan fingerprint density at radius 2 is 2.00 bits per heavy atom. The standard InChI is InChI=1S/C17H28N2O2S2/c1-14-2-3-17(21-14)11-19-6-5-18(10-15(19)4-7-20)16-12-22-8-9-23-13-16/h2-3,15-16,20H,4-13H2,1H3/t15-/m1/s1. The van der Waals surface area contributed by atoms with E-state index < -0.39 is 0 Å². The average Bonchev–Trinajstić information content (AvgIpc) is 2.79. The van der Waals surface area contributed by atoms with E-state index >= 15 is 0 Å². The highest BCUT2D eigenvalue weighted by molar-refractivity contribution is 8.03. The molecule has 0 aromatic carbocycles. The summed E-state index contributed by atoms with van der Waals surface area (Å²) in [5, 5.41) is 9.47. The normalized spacial score (nSPS) is 25.6. The molecule has 0 amide bonds. The van der Waals surface area contributed by atoms with Crippen LogP contribution < -0.4 is 0 Å². The highest BCUT2D eigenvalue weighted by Crippen LogP contribution is 2.24. The van der Waals surface area contributed by atoms with Gasteiger partial charge in [0.25, 0.3) is 0 Å². The first-order valence-corrected chi connectivity index (χ1v) is 10.9. The second-order valence-corrected chi connectivity index (χ2v) is 8.75. The molecule has 4 nitrogen and oxygen atoms in total. The van der Waals surface area contributed by atoms with E-state index in [0.29, 0.717) is 12.1 Å². The molecule has 0 radical (unpaired) electrons. The van der Waals surface area contributed by atoms with Crippen molar-refractivity contribution in [3.63, 3.8) is 0 Å². The first-order chi connectivity index (χ1) is 11.3. The third-order valence-corrected chi connectivity index (χ3v) is 7.25. The molecule has 2 saturated heterocycles. The summed E-state index contributed by atoms with van der Waals surface area (Å²) in [6.07, 6.45) is 0.850. The summed E-state index contributed by atoms with van der Waals surface area (Å²) >= 11 is 4.20. The lowest BCUT2D eigenvalue weighted by molar-refractivity contribution is 0.0366. The van der Waals surface area contributed by atoms with Gasteiger partial charge in [-0.25, -0.2) is 0 Å². The Hall–Kier alpha value is -0.140. The topological polar surface area (TPSA) is 39.9 Å². The lowest BCUT2D eigenvalue weighted by Gasteiger charge is -2.44. The minimum absolute atomic E-state index is 0.264. The molecule has 1 atom stereocenters. The molecule has 0 aliphatic carbocycles. The van der Waals surface area contributed by atoms with Crippen molar-refractivity contribution < 1.29 is 9.52 Å². The first kappa shape index (κ1) is 17.7. The van der Waals surface area contributed by atoms with Crippen molar-refractivity contribution in [3.8, 4) is 0 Å². The van der Waals surface area contributed by atoms with Crippen molar-refractivity contribution in [1.82, 2.24) is 9.80 Å². The maximum Gasteiger partial charge on any atom is 0.118 e. The zero-order valence-corrected chi connectivity index (χ0v) is 15.6. The summed E-state index contributed by atoms with van der Waals surface area (Å²) in [6.45, 7) is 6.39. The van der Waals surface area contributed by atoms with E-state index in [0.717, 1.165) is 44.1 Å². The number of aliphatic hydroxyl groups excluding tert-OH is 1. The zero-order chi connectivity index (χ0) is 16.1. The van der Waals surface area contributed by atoms with Crippen LogP contribution in [-0.2, 0) is 6.54 Å². The highest BCUT2D eigenvalue weighted by atomic mass is 32.2. The SMILES string of the molecule is Cc1ccc(CN2CCN(C3CSCCSC3)C[C@H]2CCO)o1. The molecule has 1 aromatic heterocycles. The van der Waals surface area contributed by atoms with Crippen molar-refractivity contribution >= 4 is 23.5 Å². The van der Waals surface area contributed by atoms with Gasteiger partial charge in [0.05, 0.1) is 6.54 Å². The predicted octanol–water partition coefficient (Wildman–Crippen LogP) is 2.31. The van der Waals surface area contributed by atoms with E-state index in [4.69, 9.17) is 4.42 Å². The van der Waals surface area contributed by atoms with Gasteiger partial charge in [0.2, 0.25) is 0 Å². The monoisotopic (exact) mass is 356 g/mol. The summed E-state index contributed by atoms with van der Waals surface area (Å²) in [5.41, 5.74) is 0. The number of nitrogens with zero attached hydrogens (tertiary/aromatic N) is 2. The van der Waals surface area contributed by atoms with E-state index in [-0.39, 0.29) is 6.61 Å². The van der Waals surface area contributed by atoms with Crippen LogP contribution in [0.4, 0.5) is 0 Å². The zero-order valence-electron chi connectivity index (χ0n) is 13.9. The Morgan fingerprint density at radius 1 is 1.22 bits per heavy atom. The van der Waals surface area contributed by atoms with E-state index in [2.05, 4.69) is 39.4 Å². The van der Waals surface area contributed by atoms with E-state index in [1.54, 1.807) is 0 Å². The van der Waals surface area contributed by atoms with Crippen molar-refractivity contribution in [1.29, 1.82) is 0 Å². The second kappa shape index (κ2) is 8.81. The number of thioether (sulfide) groups is 2. The van der Waals surface area contributed by atoms with Gasteiger partial charge < -0.3 is 9.52 Å². The van der Waals surface area contributed by atoms with Gasteiger partial charge in [-0.05, 0) is 25.5 Å². The van der Waals surface area contributed by atoms with Crippen LogP contribution in [0.2, 0.25) is 0 Å². The quantitative estimate of drug-likeness (QED) is 0.873. The molecule has 130 valence electrons. The molecule has 0 saturated carbocycles. The lowest BCUT2D eigenvalue weighted by Crippen LogP contribution is -2.56. The summed E-state index contributed by atoms with van der Waals surface area (Å²) in [4.78, 5) is 5.15. The smallest absolute Gasteiger partial charge is 0.118 e. The van der Waals surface area contributed by atoms with Crippen LogP contribution >= 0.6 is 23.5 Å². The summed E-state index contributed by atoms with van der Waals surface area (Å²) in [6, 6.07) is 5.24. The number of aliphatic hydroxyl groups is 1. The minimum Gasteiger partial charge on any atom is -0.465 e. The van der Waals surface area contributed by atoms with Crippen LogP contribution in [0.5, 0.6) is 0 Å². The summed E-state index contributed by atoms with van der Waals surface area (Å²) in [7, 11) is 0. The van der Waals surface area contributed by atoms with Gasteiger partial charge in [-0.3, -0.25) is 9.80 Å². The van der Waals surface area contributed by atoms with E-state index in [1.807, 2.05) is 13.0 Å². The largest absolute Gasteiger partial charge is 0.465 e. The first-order valence-electron chi connectivity index (χ1n) is 8.56. The van der Waals surface area contributed by atoms with Crippen molar-refractivity contribution in [2.75, 3.05) is 49.3 Å². The van der Waals surface area contributed by atoms with Crippen molar-refractivity contribution in [2.45, 2.75) is 32.0 Å². The summed E-state index contributed by atoms with van der Waals surface area (Å²) < 4.78 is 5.75. The molecule has 0 spiro atoms. The Morgan fingerprint density at radius 3 is 2.65 bits per heavy atom. The molecule has 2 aliphatic rings. The number of aryl methyl sites for hydroxylation is 1. The Labute approximate surface area is 148 Å². The molecule has 3 heterocycles. The number of rotatable bonds is 5. The maximum absolute atomic E-state index is 9.47. The van der Waals surface area contributed by atoms with Gasteiger partial charge >= 0.3 is 0 Å². The second-order valence-electron chi connectivity index (χ2n) is 6.45. The van der Waals surface area contributed by atoms with Crippen LogP contribution in [0.3, 0.4) is 0 Å². The Kier molecular flexibility index (Phi) is 6.77. The van der Waals surface area contributed by atoms with Crippen LogP contribution in [0, 0.1) is 6.92 Å². The lowest BCUT2D eigenvalue weighted by atomic mass is 10.1. The average molecular weight is 357 g/mol. The maximum atomic E-state index is 9.47. The molecular weight excluding hydrogens is 328 g/mol. The number of furan rings is 1. The fourth-order valence-corrected chi connectivity index (χ4v) is 6.09. The van der Waals surface area contributed by atoms with Gasteiger partial charge in [0.15, 0.2) is 0 Å². The molecule has 3 rings (SSSR count). The molecule has 2 aliphatic heterocycles. The minimum atomic E-state index is 0.264. The van der Waals surface area contributed by atoms with Crippen LogP contribution in [0.15, 0.2) is 16.5 Å². The van der Waals surface area contributed by atoms with Crippen molar-refractivity contribution in [2.24, 2.45) is 0 Å². The summed E-state index contributed by atoms with van der Waals surface area (Å²) in [5.74, 6) is 7.12. The third kappa shape index (κ3) is 4.92. The molecule has 1 aromatic rings. The van der Waals surface area contributed by atoms with Gasteiger partial charge in [0, 0.05) is 61.3 Å². The fraction of sp³-hybridized carbons (Fsp3) is 0.765. The molecule has 2 fully saturated rings. The fourth-order valence-electron chi connectivity index (χ4n) is 3.47. The molecule has 1 N–H and O–H groups in total. The predicted molar refractivity (Wildman–Crippen MR) is 99.4 cm³/mol. The molecule has 0 bridgehead atoms. The van der Waals surface area contributed by atoms with Gasteiger partial charge in [-0.1, -0.05) is 0 Å². The van der Waals surface area contributed by atoms with Crippen LogP contribution in [0.1, 0.15) is 17.9 Å². The number of hydrogen-bond donors (Lipinski definition) is 1. The highest BCUT2D eigenvalue weighted by Gasteiger charge is 2.31. The molecule has 23 heavy (non-hydrogen) atoms. The third-order valence-electron chi connectivity index (χ3n) is 4.76. The molecule has 0 unspecified atom stereocenters. The molecule has 6 heteroatoms. The van der Waals surface area contributed by atoms with Crippen LogP contribution in [0.25, 0.3) is 0 Å². The van der Waals surface area contributed by atoms with E-state index in [1.165, 1.54) is 23.0 Å². The number of hydrogen-bond acceptors (Lipinski definition) is 6. The van der Waals surface area contributed by atoms with Gasteiger partial charge in [0.1, 0.15) is 11.5 Å². The van der Waals surface area contributed by atoms with Gasteiger partial charge in [-0.15, -0.1) is 0 Å². The van der Waals surface area contributed by atoms with Crippen molar-refractivity contribution in [3.05, 3.63) is 23.7 Å². The Bertz CT molecular complexity index is 475. The number of piperazine rings is 1. The van der Waals surface area contributed by atoms with E-state index in [9.17, 15) is 5.11 Å². The Balaban J connectivity index is 1.60.